The number of rotatable bonds is 7. The van der Waals surface area contributed by atoms with Crippen LogP contribution in [0.25, 0.3) is 0 Å². The van der Waals surface area contributed by atoms with Gasteiger partial charge in [-0.1, -0.05) is 42.5 Å². The van der Waals surface area contributed by atoms with Crippen molar-refractivity contribution in [2.75, 3.05) is 0 Å². The van der Waals surface area contributed by atoms with Crippen LogP contribution in [-0.2, 0) is 29.0 Å². The molecule has 1 saturated heterocycles. The average Bonchev–Trinajstić information content (AvgIpc) is 3.25. The van der Waals surface area contributed by atoms with Gasteiger partial charge in [0.25, 0.3) is 0 Å². The number of H-pyrrole nitrogens is 1. The summed E-state index contributed by atoms with van der Waals surface area (Å²) in [6.45, 7) is 0.499. The van der Waals surface area contributed by atoms with Crippen LogP contribution < -0.4 is 15.4 Å². The van der Waals surface area contributed by atoms with Gasteiger partial charge in [0, 0.05) is 19.0 Å². The number of ether oxygens (including phenoxy) is 1. The highest BCUT2D eigenvalue weighted by atomic mass is 16.5. The van der Waals surface area contributed by atoms with E-state index in [9.17, 15) is 9.59 Å². The van der Waals surface area contributed by atoms with Gasteiger partial charge in [-0.15, -0.1) is 0 Å². The van der Waals surface area contributed by atoms with Gasteiger partial charge in [0.05, 0.1) is 12.0 Å². The van der Waals surface area contributed by atoms with Gasteiger partial charge in [0.15, 0.2) is 0 Å². The minimum Gasteiger partial charge on any atom is -0.489 e. The van der Waals surface area contributed by atoms with Crippen molar-refractivity contribution < 1.29 is 14.3 Å². The number of amides is 2. The summed E-state index contributed by atoms with van der Waals surface area (Å²) in [7, 11) is 0. The molecule has 29 heavy (non-hydrogen) atoms. The quantitative estimate of drug-likeness (QED) is 0.573. The maximum absolute atomic E-state index is 12.4. The number of nitrogens with one attached hydrogen (secondary N) is 3. The van der Waals surface area contributed by atoms with E-state index in [0.29, 0.717) is 19.4 Å². The van der Waals surface area contributed by atoms with E-state index in [4.69, 9.17) is 4.74 Å². The molecule has 0 aliphatic carbocycles. The Hall–Kier alpha value is -3.61. The summed E-state index contributed by atoms with van der Waals surface area (Å²) in [6, 6.07) is 16.3. The van der Waals surface area contributed by atoms with Crippen molar-refractivity contribution in [2.45, 2.75) is 31.5 Å². The molecule has 4 rings (SSSR count). The van der Waals surface area contributed by atoms with Crippen LogP contribution in [0.3, 0.4) is 0 Å². The Bertz CT molecular complexity index is 955. The molecule has 2 aromatic carbocycles. The highest BCUT2D eigenvalue weighted by Crippen LogP contribution is 2.16. The van der Waals surface area contributed by atoms with Gasteiger partial charge in [-0.25, -0.2) is 4.98 Å². The van der Waals surface area contributed by atoms with Crippen molar-refractivity contribution in [2.24, 2.45) is 0 Å². The lowest BCUT2D eigenvalue weighted by molar-refractivity contribution is -0.136. The Balaban J connectivity index is 1.31. The molecule has 1 aliphatic heterocycles. The minimum atomic E-state index is -0.601. The van der Waals surface area contributed by atoms with Crippen LogP contribution in [0, 0.1) is 0 Å². The Morgan fingerprint density at radius 2 is 1.52 bits per heavy atom. The number of nitrogens with zero attached hydrogens (tertiary/aromatic N) is 1. The largest absolute Gasteiger partial charge is 0.489 e. The molecule has 0 bridgehead atoms. The van der Waals surface area contributed by atoms with Crippen molar-refractivity contribution in [1.29, 1.82) is 0 Å². The summed E-state index contributed by atoms with van der Waals surface area (Å²) in [5.41, 5.74) is 2.78. The second-order valence-corrected chi connectivity index (χ2v) is 7.01. The molecule has 2 atom stereocenters. The minimum absolute atomic E-state index is 0.186. The van der Waals surface area contributed by atoms with Gasteiger partial charge in [-0.3, -0.25) is 9.59 Å². The number of benzene rings is 2. The number of hydrogen-bond acceptors (Lipinski definition) is 4. The van der Waals surface area contributed by atoms with Crippen LogP contribution in [0.5, 0.6) is 5.75 Å². The van der Waals surface area contributed by atoms with Crippen molar-refractivity contribution in [1.82, 2.24) is 20.6 Å². The van der Waals surface area contributed by atoms with Crippen LogP contribution >= 0.6 is 0 Å². The SMILES string of the molecule is O=C1N[C@H](Cc2c[nH]cn2)C(=O)N[C@@H]1Cc1ccc(OCc2ccccc2)cc1. The van der Waals surface area contributed by atoms with Crippen molar-refractivity contribution in [3.05, 3.63) is 83.9 Å². The van der Waals surface area contributed by atoms with E-state index in [1.807, 2.05) is 54.6 Å². The third-order valence-electron chi connectivity index (χ3n) is 4.85. The van der Waals surface area contributed by atoms with E-state index >= 15 is 0 Å². The zero-order chi connectivity index (χ0) is 20.1. The van der Waals surface area contributed by atoms with Crippen molar-refractivity contribution in [3.63, 3.8) is 0 Å². The smallest absolute Gasteiger partial charge is 0.243 e. The third kappa shape index (κ3) is 4.82. The molecule has 1 aliphatic rings. The number of imidazole rings is 1. The summed E-state index contributed by atoms with van der Waals surface area (Å²) < 4.78 is 5.78. The Kier molecular flexibility index (Phi) is 5.56. The molecule has 0 radical (unpaired) electrons. The monoisotopic (exact) mass is 390 g/mol. The number of carbonyl (C=O) groups excluding carboxylic acids is 2. The number of aromatic nitrogens is 2. The summed E-state index contributed by atoms with van der Waals surface area (Å²) in [4.78, 5) is 31.7. The van der Waals surface area contributed by atoms with Crippen LogP contribution in [-0.4, -0.2) is 33.9 Å². The molecular formula is C22H22N4O3. The van der Waals surface area contributed by atoms with Gasteiger partial charge in [-0.05, 0) is 23.3 Å². The molecule has 7 nitrogen and oxygen atoms in total. The molecule has 0 unspecified atom stereocenters. The Morgan fingerprint density at radius 1 is 0.828 bits per heavy atom. The summed E-state index contributed by atoms with van der Waals surface area (Å²) in [6.07, 6.45) is 4.05. The zero-order valence-electron chi connectivity index (χ0n) is 15.8. The fourth-order valence-electron chi connectivity index (χ4n) is 3.27. The first kappa shape index (κ1) is 18.7. The first-order valence-electron chi connectivity index (χ1n) is 9.51. The standard InChI is InChI=1S/C22H22N4O3/c27-21-19(25-22(28)20(26-21)11-17-12-23-14-24-17)10-15-6-8-18(9-7-15)29-13-16-4-2-1-3-5-16/h1-9,12,14,19-20H,10-11,13H2,(H,23,24)(H,25,28)(H,26,27)/t19-,20-/m1/s1. The zero-order valence-corrected chi connectivity index (χ0v) is 15.8. The fraction of sp³-hybridized carbons (Fsp3) is 0.227. The molecule has 0 spiro atoms. The van der Waals surface area contributed by atoms with Crippen molar-refractivity contribution in [3.8, 4) is 5.75 Å². The van der Waals surface area contributed by atoms with E-state index in [0.717, 1.165) is 22.6 Å². The van der Waals surface area contributed by atoms with Crippen LogP contribution in [0.1, 0.15) is 16.8 Å². The maximum atomic E-state index is 12.4. The molecular weight excluding hydrogens is 368 g/mol. The normalized spacial score (nSPS) is 18.8. The second-order valence-electron chi connectivity index (χ2n) is 7.01. The molecule has 0 saturated carbocycles. The van der Waals surface area contributed by atoms with Gasteiger partial charge in [0.2, 0.25) is 11.8 Å². The number of carbonyl (C=O) groups is 2. The topological polar surface area (TPSA) is 96.1 Å². The number of hydrogen-bond donors (Lipinski definition) is 3. The Morgan fingerprint density at radius 3 is 2.17 bits per heavy atom. The first-order valence-corrected chi connectivity index (χ1v) is 9.51. The lowest BCUT2D eigenvalue weighted by Gasteiger charge is -2.29. The van der Waals surface area contributed by atoms with Gasteiger partial charge >= 0.3 is 0 Å². The van der Waals surface area contributed by atoms with Gasteiger partial charge in [-0.2, -0.15) is 0 Å². The van der Waals surface area contributed by atoms with Crippen LogP contribution in [0.2, 0.25) is 0 Å². The second kappa shape index (κ2) is 8.60. The van der Waals surface area contributed by atoms with E-state index < -0.39 is 12.1 Å². The third-order valence-corrected chi connectivity index (χ3v) is 4.85. The van der Waals surface area contributed by atoms with E-state index in [1.54, 1.807) is 12.5 Å². The fourth-order valence-corrected chi connectivity index (χ4v) is 3.27. The van der Waals surface area contributed by atoms with Crippen LogP contribution in [0.4, 0.5) is 0 Å². The van der Waals surface area contributed by atoms with Gasteiger partial charge in [0.1, 0.15) is 24.4 Å². The molecule has 2 amide bonds. The summed E-state index contributed by atoms with van der Waals surface area (Å²) >= 11 is 0. The number of aromatic amines is 1. The first-order chi connectivity index (χ1) is 14.2. The summed E-state index contributed by atoms with van der Waals surface area (Å²) in [5, 5.41) is 5.61. The average molecular weight is 390 g/mol. The predicted octanol–water partition coefficient (Wildman–Crippen LogP) is 1.76. The predicted molar refractivity (Wildman–Crippen MR) is 107 cm³/mol. The molecule has 1 aromatic heterocycles. The molecule has 7 heteroatoms. The molecule has 3 aromatic rings. The number of piperazine rings is 1. The summed E-state index contributed by atoms with van der Waals surface area (Å²) in [5.74, 6) is 0.378. The Labute approximate surface area is 168 Å². The van der Waals surface area contributed by atoms with Crippen LogP contribution in [0.15, 0.2) is 67.1 Å². The lowest BCUT2D eigenvalue weighted by atomic mass is 10.0. The molecule has 3 N–H and O–H groups in total. The van der Waals surface area contributed by atoms with E-state index in [-0.39, 0.29) is 11.8 Å². The highest BCUT2D eigenvalue weighted by molar-refractivity contribution is 5.97. The maximum Gasteiger partial charge on any atom is 0.243 e. The van der Waals surface area contributed by atoms with Crippen molar-refractivity contribution >= 4 is 11.8 Å². The van der Waals surface area contributed by atoms with E-state index in [1.165, 1.54) is 0 Å². The molecule has 2 heterocycles. The molecule has 148 valence electrons. The lowest BCUT2D eigenvalue weighted by Crippen LogP contribution is -2.62. The van der Waals surface area contributed by atoms with Gasteiger partial charge < -0.3 is 20.4 Å². The highest BCUT2D eigenvalue weighted by Gasteiger charge is 2.33. The van der Waals surface area contributed by atoms with E-state index in [2.05, 4.69) is 20.6 Å². The molecule has 1 fully saturated rings.